The number of cyclic esters (lactones) is 1. The minimum absolute atomic E-state index is 0.00477. The molecule has 5 nitrogen and oxygen atoms in total. The van der Waals surface area contributed by atoms with Gasteiger partial charge in [0.05, 0.1) is 12.4 Å². The molecule has 110 valence electrons. The van der Waals surface area contributed by atoms with Gasteiger partial charge in [-0.3, -0.25) is 4.79 Å². The van der Waals surface area contributed by atoms with E-state index in [0.717, 1.165) is 5.57 Å². The van der Waals surface area contributed by atoms with Crippen molar-refractivity contribution in [2.24, 2.45) is 5.41 Å². The third-order valence-electron chi connectivity index (χ3n) is 2.70. The Morgan fingerprint density at radius 1 is 1.47 bits per heavy atom. The molecule has 0 aromatic heterocycles. The summed E-state index contributed by atoms with van der Waals surface area (Å²) in [5, 5.41) is 0. The van der Waals surface area contributed by atoms with E-state index in [-0.39, 0.29) is 17.8 Å². The molecule has 1 rings (SSSR count). The highest BCUT2D eigenvalue weighted by Crippen LogP contribution is 2.19. The van der Waals surface area contributed by atoms with E-state index in [1.165, 1.54) is 0 Å². The molecule has 19 heavy (non-hydrogen) atoms. The maximum Gasteiger partial charge on any atom is 0.324 e. The van der Waals surface area contributed by atoms with Crippen LogP contribution in [0.15, 0.2) is 11.6 Å². The van der Waals surface area contributed by atoms with E-state index in [9.17, 15) is 13.2 Å². The van der Waals surface area contributed by atoms with Gasteiger partial charge in [-0.15, -0.1) is 0 Å². The topological polar surface area (TPSA) is 72.5 Å². The molecule has 1 fully saturated rings. The van der Waals surface area contributed by atoms with Crippen LogP contribution < -0.4 is 4.72 Å². The molecule has 6 heteroatoms. The highest BCUT2D eigenvalue weighted by molar-refractivity contribution is 7.89. The zero-order valence-corrected chi connectivity index (χ0v) is 12.8. The fraction of sp³-hybridized carbons (Fsp3) is 0.769. The molecule has 1 atom stereocenters. The summed E-state index contributed by atoms with van der Waals surface area (Å²) in [4.78, 5) is 11.2. The predicted molar refractivity (Wildman–Crippen MR) is 74.1 cm³/mol. The maximum atomic E-state index is 11.9. The van der Waals surface area contributed by atoms with Gasteiger partial charge in [-0.1, -0.05) is 32.4 Å². The first-order valence-corrected chi connectivity index (χ1v) is 8.09. The quantitative estimate of drug-likeness (QED) is 0.616. The molecule has 1 N–H and O–H groups in total. The highest BCUT2D eigenvalue weighted by atomic mass is 32.2. The molecule has 0 aromatic rings. The van der Waals surface area contributed by atoms with Crippen LogP contribution in [0.25, 0.3) is 0 Å². The Labute approximate surface area is 115 Å². The average Bonchev–Trinajstić information content (AvgIpc) is 2.59. The Bertz CT molecular complexity index is 460. The predicted octanol–water partition coefficient (Wildman–Crippen LogP) is 1.60. The summed E-state index contributed by atoms with van der Waals surface area (Å²) >= 11 is 0. The van der Waals surface area contributed by atoms with Crippen LogP contribution >= 0.6 is 0 Å². The smallest absolute Gasteiger partial charge is 0.324 e. The van der Waals surface area contributed by atoms with Gasteiger partial charge in [0.1, 0.15) is 6.04 Å². The van der Waals surface area contributed by atoms with Crippen LogP contribution in [0.1, 0.15) is 40.5 Å². The van der Waals surface area contributed by atoms with Crippen molar-refractivity contribution in [3.8, 4) is 0 Å². The first-order chi connectivity index (χ1) is 8.59. The van der Waals surface area contributed by atoms with Crippen molar-refractivity contribution in [1.82, 2.24) is 4.72 Å². The number of nitrogens with one attached hydrogen (secondary N) is 1. The van der Waals surface area contributed by atoms with Gasteiger partial charge in [0.2, 0.25) is 10.0 Å². The molecular formula is C13H23NO4S. The number of carbonyl (C=O) groups excluding carboxylic acids is 1. The molecule has 0 aliphatic carbocycles. The Hall–Kier alpha value is -0.880. The largest absolute Gasteiger partial charge is 0.464 e. The maximum absolute atomic E-state index is 11.9. The van der Waals surface area contributed by atoms with E-state index < -0.39 is 22.0 Å². The average molecular weight is 289 g/mol. The van der Waals surface area contributed by atoms with E-state index in [2.05, 4.69) is 31.6 Å². The SMILES string of the molecule is C/C(=C\C(C)(C)C)CCS(=O)(=O)NC1CCOC1=O. The fourth-order valence-electron chi connectivity index (χ4n) is 1.99. The van der Waals surface area contributed by atoms with Gasteiger partial charge in [-0.2, -0.15) is 0 Å². The second-order valence-electron chi connectivity index (χ2n) is 6.05. The van der Waals surface area contributed by atoms with Gasteiger partial charge in [0, 0.05) is 6.42 Å². The molecule has 0 aromatic carbocycles. The summed E-state index contributed by atoms with van der Waals surface area (Å²) in [7, 11) is -3.44. The lowest BCUT2D eigenvalue weighted by Gasteiger charge is -2.15. The third-order valence-corrected chi connectivity index (χ3v) is 4.09. The molecule has 0 saturated carbocycles. The number of carbonyl (C=O) groups is 1. The molecule has 1 saturated heterocycles. The minimum Gasteiger partial charge on any atom is -0.464 e. The van der Waals surface area contributed by atoms with Crippen LogP contribution in [0, 0.1) is 5.41 Å². The summed E-state index contributed by atoms with van der Waals surface area (Å²) in [6.07, 6.45) is 2.94. The van der Waals surface area contributed by atoms with Crippen LogP contribution in [0.3, 0.4) is 0 Å². The molecule has 1 aliphatic heterocycles. The Balaban J connectivity index is 2.52. The number of rotatable bonds is 5. The van der Waals surface area contributed by atoms with Gasteiger partial charge in [-0.25, -0.2) is 13.1 Å². The second kappa shape index (κ2) is 6.05. The summed E-state index contributed by atoms with van der Waals surface area (Å²) in [5.41, 5.74) is 1.07. The van der Waals surface area contributed by atoms with Crippen LogP contribution in [0.4, 0.5) is 0 Å². The zero-order chi connectivity index (χ0) is 14.7. The van der Waals surface area contributed by atoms with Crippen molar-refractivity contribution in [3.63, 3.8) is 0 Å². The van der Waals surface area contributed by atoms with Gasteiger partial charge in [0.15, 0.2) is 0 Å². The second-order valence-corrected chi connectivity index (χ2v) is 7.93. The summed E-state index contributed by atoms with van der Waals surface area (Å²) < 4.78 is 30.8. The van der Waals surface area contributed by atoms with Crippen molar-refractivity contribution in [3.05, 3.63) is 11.6 Å². The number of hydrogen-bond acceptors (Lipinski definition) is 4. The highest BCUT2D eigenvalue weighted by Gasteiger charge is 2.30. The number of esters is 1. The number of hydrogen-bond donors (Lipinski definition) is 1. The molecule has 0 spiro atoms. The lowest BCUT2D eigenvalue weighted by molar-refractivity contribution is -0.139. The number of sulfonamides is 1. The van der Waals surface area contributed by atoms with E-state index in [0.29, 0.717) is 12.8 Å². The Morgan fingerprint density at radius 2 is 2.11 bits per heavy atom. The van der Waals surface area contributed by atoms with Crippen molar-refractivity contribution >= 4 is 16.0 Å². The van der Waals surface area contributed by atoms with Crippen molar-refractivity contribution in [1.29, 1.82) is 0 Å². The first kappa shape index (κ1) is 16.2. The number of ether oxygens (including phenoxy) is 1. The number of allylic oxidation sites excluding steroid dienone is 2. The van der Waals surface area contributed by atoms with Gasteiger partial charge < -0.3 is 4.74 Å². The van der Waals surface area contributed by atoms with Crippen LogP contribution in [0.2, 0.25) is 0 Å². The van der Waals surface area contributed by atoms with Crippen molar-refractivity contribution in [2.75, 3.05) is 12.4 Å². The molecule has 1 heterocycles. The molecular weight excluding hydrogens is 266 g/mol. The normalized spacial score (nSPS) is 21.6. The van der Waals surface area contributed by atoms with Crippen LogP contribution in [-0.2, 0) is 19.6 Å². The summed E-state index contributed by atoms with van der Waals surface area (Å²) in [6, 6.07) is -0.711. The van der Waals surface area contributed by atoms with Crippen LogP contribution in [-0.4, -0.2) is 32.8 Å². The van der Waals surface area contributed by atoms with Gasteiger partial charge >= 0.3 is 5.97 Å². The molecule has 0 bridgehead atoms. The first-order valence-electron chi connectivity index (χ1n) is 6.44. The minimum atomic E-state index is -3.44. The van der Waals surface area contributed by atoms with Gasteiger partial charge in [0.25, 0.3) is 0 Å². The molecule has 1 unspecified atom stereocenters. The van der Waals surface area contributed by atoms with E-state index >= 15 is 0 Å². The lowest BCUT2D eigenvalue weighted by Crippen LogP contribution is -2.39. The van der Waals surface area contributed by atoms with Crippen LogP contribution in [0.5, 0.6) is 0 Å². The summed E-state index contributed by atoms with van der Waals surface area (Å²) in [5.74, 6) is -0.486. The Kier molecular flexibility index (Phi) is 5.15. The molecule has 1 aliphatic rings. The fourth-order valence-corrected chi connectivity index (χ4v) is 3.34. The standard InChI is InChI=1S/C13H23NO4S/c1-10(9-13(2,3)4)6-8-19(16,17)14-11-5-7-18-12(11)15/h9,11,14H,5-8H2,1-4H3/b10-9+. The van der Waals surface area contributed by atoms with E-state index in [1.54, 1.807) is 0 Å². The van der Waals surface area contributed by atoms with Gasteiger partial charge in [-0.05, 0) is 18.8 Å². The molecule has 0 radical (unpaired) electrons. The Morgan fingerprint density at radius 3 is 2.58 bits per heavy atom. The lowest BCUT2D eigenvalue weighted by atomic mass is 9.93. The van der Waals surface area contributed by atoms with E-state index in [1.807, 2.05) is 6.92 Å². The molecule has 0 amide bonds. The monoisotopic (exact) mass is 289 g/mol. The van der Waals surface area contributed by atoms with Crippen molar-refractivity contribution < 1.29 is 17.9 Å². The van der Waals surface area contributed by atoms with E-state index in [4.69, 9.17) is 4.74 Å². The van der Waals surface area contributed by atoms with Crippen molar-refractivity contribution in [2.45, 2.75) is 46.6 Å². The zero-order valence-electron chi connectivity index (χ0n) is 12.0. The third kappa shape index (κ3) is 6.20. The summed E-state index contributed by atoms with van der Waals surface area (Å²) in [6.45, 7) is 8.41.